The highest BCUT2D eigenvalue weighted by atomic mass is 35.5. The summed E-state index contributed by atoms with van der Waals surface area (Å²) in [4.78, 5) is 4.90. The lowest BCUT2D eigenvalue weighted by molar-refractivity contribution is 0.548. The molecule has 3 rings (SSSR count). The van der Waals surface area contributed by atoms with E-state index in [1.807, 2.05) is 12.1 Å². The minimum atomic E-state index is 0.783. The van der Waals surface area contributed by atoms with Gasteiger partial charge in [0.2, 0.25) is 0 Å². The van der Waals surface area contributed by atoms with Crippen LogP contribution in [-0.2, 0) is 13.0 Å². The zero-order valence-corrected chi connectivity index (χ0v) is 16.5. The van der Waals surface area contributed by atoms with Crippen molar-refractivity contribution in [3.05, 3.63) is 64.9 Å². The number of imidazole rings is 1. The Bertz CT molecular complexity index is 805. The summed E-state index contributed by atoms with van der Waals surface area (Å²) in [6.45, 7) is 3.32. The maximum Gasteiger partial charge on any atom is 0.114 e. The van der Waals surface area contributed by atoms with Crippen LogP contribution in [0.25, 0.3) is 11.0 Å². The molecule has 0 fully saturated rings. The van der Waals surface area contributed by atoms with E-state index in [1.54, 1.807) is 0 Å². The third kappa shape index (κ3) is 5.11. The van der Waals surface area contributed by atoms with Crippen LogP contribution in [0.1, 0.15) is 63.3 Å². The molecule has 2 aromatic carbocycles. The minimum Gasteiger partial charge on any atom is -0.328 e. The second-order valence-corrected chi connectivity index (χ2v) is 7.53. The number of nitrogens with zero attached hydrogens (tertiary/aromatic N) is 2. The highest BCUT2D eigenvalue weighted by molar-refractivity contribution is 6.30. The van der Waals surface area contributed by atoms with Gasteiger partial charge in [-0.05, 0) is 36.2 Å². The van der Waals surface area contributed by atoms with Crippen molar-refractivity contribution in [1.82, 2.24) is 9.55 Å². The van der Waals surface area contributed by atoms with Crippen molar-refractivity contribution in [3.63, 3.8) is 0 Å². The lowest BCUT2D eigenvalue weighted by Gasteiger charge is -2.10. The Morgan fingerprint density at radius 2 is 1.54 bits per heavy atom. The van der Waals surface area contributed by atoms with Crippen LogP contribution in [0.5, 0.6) is 0 Å². The van der Waals surface area contributed by atoms with Crippen molar-refractivity contribution >= 4 is 22.6 Å². The van der Waals surface area contributed by atoms with Crippen molar-refractivity contribution in [1.29, 1.82) is 0 Å². The Balaban J connectivity index is 1.67. The van der Waals surface area contributed by atoms with Gasteiger partial charge in [0, 0.05) is 18.0 Å². The third-order valence-corrected chi connectivity index (χ3v) is 5.25. The Morgan fingerprint density at radius 1 is 0.846 bits per heavy atom. The van der Waals surface area contributed by atoms with E-state index in [-0.39, 0.29) is 0 Å². The average molecular weight is 369 g/mol. The molecule has 26 heavy (non-hydrogen) atoms. The fraction of sp³-hybridized carbons (Fsp3) is 0.435. The molecule has 0 amide bonds. The fourth-order valence-electron chi connectivity index (χ4n) is 3.52. The van der Waals surface area contributed by atoms with Gasteiger partial charge in [-0.3, -0.25) is 0 Å². The molecule has 1 heterocycles. The van der Waals surface area contributed by atoms with E-state index in [0.29, 0.717) is 0 Å². The van der Waals surface area contributed by atoms with Crippen LogP contribution in [0, 0.1) is 0 Å². The summed E-state index contributed by atoms with van der Waals surface area (Å²) in [6, 6.07) is 16.6. The number of unbranched alkanes of at least 4 members (excludes halogenated alkanes) is 6. The van der Waals surface area contributed by atoms with Crippen LogP contribution in [0.15, 0.2) is 48.5 Å². The standard InChI is InChI=1S/C23H29ClN2/c1-2-3-4-5-6-7-10-17-26-22-12-9-8-11-21(22)25-23(26)18-19-13-15-20(24)16-14-19/h8-9,11-16H,2-7,10,17-18H2,1H3. The lowest BCUT2D eigenvalue weighted by Crippen LogP contribution is -2.05. The second-order valence-electron chi connectivity index (χ2n) is 7.09. The van der Waals surface area contributed by atoms with Gasteiger partial charge in [-0.1, -0.05) is 81.3 Å². The highest BCUT2D eigenvalue weighted by Gasteiger charge is 2.10. The summed E-state index contributed by atoms with van der Waals surface area (Å²) in [5, 5.41) is 0.783. The molecule has 0 saturated carbocycles. The molecule has 3 heteroatoms. The maximum absolute atomic E-state index is 6.02. The molecule has 0 spiro atoms. The molecule has 0 atom stereocenters. The topological polar surface area (TPSA) is 17.8 Å². The molecule has 0 bridgehead atoms. The number of fused-ring (bicyclic) bond motifs is 1. The number of benzene rings is 2. The highest BCUT2D eigenvalue weighted by Crippen LogP contribution is 2.21. The van der Waals surface area contributed by atoms with Gasteiger partial charge in [0.25, 0.3) is 0 Å². The molecule has 0 aliphatic rings. The van der Waals surface area contributed by atoms with E-state index >= 15 is 0 Å². The van der Waals surface area contributed by atoms with E-state index in [9.17, 15) is 0 Å². The molecule has 0 unspecified atom stereocenters. The van der Waals surface area contributed by atoms with E-state index in [2.05, 4.69) is 47.9 Å². The molecular weight excluding hydrogens is 340 g/mol. The average Bonchev–Trinajstić information content (AvgIpc) is 3.00. The van der Waals surface area contributed by atoms with Gasteiger partial charge >= 0.3 is 0 Å². The number of halogens is 1. The van der Waals surface area contributed by atoms with Crippen LogP contribution in [0.4, 0.5) is 0 Å². The summed E-state index contributed by atoms with van der Waals surface area (Å²) < 4.78 is 2.41. The van der Waals surface area contributed by atoms with E-state index in [0.717, 1.165) is 29.3 Å². The summed E-state index contributed by atoms with van der Waals surface area (Å²) in [7, 11) is 0. The number of hydrogen-bond donors (Lipinski definition) is 0. The van der Waals surface area contributed by atoms with Crippen LogP contribution in [0.3, 0.4) is 0 Å². The molecule has 0 N–H and O–H groups in total. The molecular formula is C23H29ClN2. The van der Waals surface area contributed by atoms with Crippen molar-refractivity contribution in [2.75, 3.05) is 0 Å². The normalized spacial score (nSPS) is 11.3. The van der Waals surface area contributed by atoms with E-state index in [4.69, 9.17) is 16.6 Å². The molecule has 2 nitrogen and oxygen atoms in total. The van der Waals surface area contributed by atoms with Gasteiger partial charge in [0.05, 0.1) is 11.0 Å². The zero-order valence-electron chi connectivity index (χ0n) is 15.8. The largest absolute Gasteiger partial charge is 0.328 e. The van der Waals surface area contributed by atoms with E-state index < -0.39 is 0 Å². The van der Waals surface area contributed by atoms with E-state index in [1.165, 1.54) is 56.0 Å². The molecule has 1 aromatic heterocycles. The quantitative estimate of drug-likeness (QED) is 0.351. The number of aromatic nitrogens is 2. The molecule has 0 radical (unpaired) electrons. The smallest absolute Gasteiger partial charge is 0.114 e. The van der Waals surface area contributed by atoms with Gasteiger partial charge in [-0.15, -0.1) is 0 Å². The molecule has 138 valence electrons. The Morgan fingerprint density at radius 3 is 2.31 bits per heavy atom. The zero-order chi connectivity index (χ0) is 18.2. The third-order valence-electron chi connectivity index (χ3n) is 4.99. The maximum atomic E-state index is 6.02. The first-order valence-electron chi connectivity index (χ1n) is 9.96. The Hall–Kier alpha value is -1.80. The number of aryl methyl sites for hydroxylation is 1. The lowest BCUT2D eigenvalue weighted by atomic mass is 10.1. The Kier molecular flexibility index (Phi) is 7.13. The summed E-state index contributed by atoms with van der Waals surface area (Å²) in [5.74, 6) is 1.15. The number of rotatable bonds is 10. The van der Waals surface area contributed by atoms with Crippen LogP contribution >= 0.6 is 11.6 Å². The SMILES string of the molecule is CCCCCCCCCn1c(Cc2ccc(Cl)cc2)nc2ccccc21. The van der Waals surface area contributed by atoms with Crippen molar-refractivity contribution in [3.8, 4) is 0 Å². The van der Waals surface area contributed by atoms with Crippen LogP contribution < -0.4 is 0 Å². The monoisotopic (exact) mass is 368 g/mol. The van der Waals surface area contributed by atoms with Crippen LogP contribution in [0.2, 0.25) is 5.02 Å². The molecule has 0 aliphatic carbocycles. The first-order chi connectivity index (χ1) is 12.8. The minimum absolute atomic E-state index is 0.783. The second kappa shape index (κ2) is 9.78. The van der Waals surface area contributed by atoms with Crippen LogP contribution in [-0.4, -0.2) is 9.55 Å². The first kappa shape index (κ1) is 19.0. The van der Waals surface area contributed by atoms with Gasteiger partial charge in [-0.2, -0.15) is 0 Å². The van der Waals surface area contributed by atoms with Crippen molar-refractivity contribution < 1.29 is 0 Å². The molecule has 0 saturated heterocycles. The molecule has 0 aliphatic heterocycles. The fourth-order valence-corrected chi connectivity index (χ4v) is 3.65. The van der Waals surface area contributed by atoms with Gasteiger partial charge < -0.3 is 4.57 Å². The number of hydrogen-bond acceptors (Lipinski definition) is 1. The number of para-hydroxylation sites is 2. The predicted molar refractivity (Wildman–Crippen MR) is 112 cm³/mol. The summed E-state index contributed by atoms with van der Waals surface area (Å²) in [5.41, 5.74) is 3.60. The van der Waals surface area contributed by atoms with Gasteiger partial charge in [-0.25, -0.2) is 4.98 Å². The van der Waals surface area contributed by atoms with Gasteiger partial charge in [0.15, 0.2) is 0 Å². The summed E-state index contributed by atoms with van der Waals surface area (Å²) >= 11 is 6.02. The predicted octanol–water partition coefficient (Wildman–Crippen LogP) is 7.03. The van der Waals surface area contributed by atoms with Gasteiger partial charge in [0.1, 0.15) is 5.82 Å². The first-order valence-corrected chi connectivity index (χ1v) is 10.3. The van der Waals surface area contributed by atoms with Crippen molar-refractivity contribution in [2.45, 2.75) is 64.8 Å². The Labute approximate surface area is 162 Å². The van der Waals surface area contributed by atoms with Crippen molar-refractivity contribution in [2.24, 2.45) is 0 Å². The summed E-state index contributed by atoms with van der Waals surface area (Å²) in [6.07, 6.45) is 10.2. The molecule has 3 aromatic rings.